The number of ether oxygens (including phenoxy) is 1. The molecule has 0 fully saturated rings. The summed E-state index contributed by atoms with van der Waals surface area (Å²) in [5.74, 6) is 0.901. The minimum atomic E-state index is -1.25. The molecule has 0 bridgehead atoms. The van der Waals surface area contributed by atoms with Gasteiger partial charge in [-0.15, -0.1) is 0 Å². The van der Waals surface area contributed by atoms with Crippen LogP contribution in [0.5, 0.6) is 5.75 Å². The maximum Gasteiger partial charge on any atom is 0.169 e. The van der Waals surface area contributed by atoms with E-state index >= 15 is 0 Å². The molecular formula is C20H14Cl4N4O2. The molecule has 1 aromatic carbocycles. The molecule has 2 N–H and O–H groups in total. The number of anilines is 1. The van der Waals surface area contributed by atoms with Gasteiger partial charge >= 0.3 is 0 Å². The standard InChI is InChI=1S/C20H14Cl4N4O2/c1-30-13-4-2-3-10(5-13)16-17(28-9-12(22)7-15(24)19(28)26-16)20(29)27-18-14(23)6-11(21)8-25-18/h2-9,20,29H,1H3,(H,25,27). The number of aliphatic hydroxyl groups is 1. The molecule has 4 aromatic rings. The van der Waals surface area contributed by atoms with E-state index in [1.54, 1.807) is 29.8 Å². The van der Waals surface area contributed by atoms with Crippen LogP contribution >= 0.6 is 46.4 Å². The topological polar surface area (TPSA) is 71.7 Å². The lowest BCUT2D eigenvalue weighted by atomic mass is 10.1. The van der Waals surface area contributed by atoms with E-state index in [-0.39, 0.29) is 10.8 Å². The Morgan fingerprint density at radius 1 is 1.07 bits per heavy atom. The van der Waals surface area contributed by atoms with Gasteiger partial charge in [-0.25, -0.2) is 9.97 Å². The molecule has 0 amide bonds. The Labute approximate surface area is 192 Å². The smallest absolute Gasteiger partial charge is 0.169 e. The third-order valence-electron chi connectivity index (χ3n) is 4.36. The van der Waals surface area contributed by atoms with Crippen molar-refractivity contribution >= 4 is 57.9 Å². The first-order chi connectivity index (χ1) is 14.4. The fraction of sp³-hybridized carbons (Fsp3) is 0.100. The molecule has 0 radical (unpaired) electrons. The largest absolute Gasteiger partial charge is 0.497 e. The predicted molar refractivity (Wildman–Crippen MR) is 120 cm³/mol. The van der Waals surface area contributed by atoms with Crippen LogP contribution in [0.25, 0.3) is 16.9 Å². The van der Waals surface area contributed by atoms with E-state index in [1.165, 1.54) is 12.3 Å². The maximum atomic E-state index is 11.1. The van der Waals surface area contributed by atoms with Crippen molar-refractivity contribution in [3.8, 4) is 17.0 Å². The number of aliphatic hydroxyl groups excluding tert-OH is 1. The molecule has 4 rings (SSSR count). The quantitative estimate of drug-likeness (QED) is 0.334. The van der Waals surface area contributed by atoms with Gasteiger partial charge in [0.25, 0.3) is 0 Å². The molecule has 30 heavy (non-hydrogen) atoms. The van der Waals surface area contributed by atoms with Crippen molar-refractivity contribution in [2.24, 2.45) is 0 Å². The number of nitrogens with zero attached hydrogens (tertiary/aromatic N) is 3. The molecule has 154 valence electrons. The molecule has 3 heterocycles. The summed E-state index contributed by atoms with van der Waals surface area (Å²) in [7, 11) is 1.57. The number of hydrogen-bond donors (Lipinski definition) is 2. The third kappa shape index (κ3) is 4.02. The molecule has 1 unspecified atom stereocenters. The average Bonchev–Trinajstić information content (AvgIpc) is 3.10. The zero-order valence-corrected chi connectivity index (χ0v) is 18.4. The monoisotopic (exact) mass is 482 g/mol. The SMILES string of the molecule is COc1cccc(-c2nc3c(Cl)cc(Cl)cn3c2C(O)Nc2ncc(Cl)cc2Cl)c1. The molecule has 6 nitrogen and oxygen atoms in total. The number of rotatable bonds is 5. The van der Waals surface area contributed by atoms with Crippen LogP contribution in [0.2, 0.25) is 20.1 Å². The first kappa shape index (κ1) is 21.0. The minimum Gasteiger partial charge on any atom is -0.497 e. The van der Waals surface area contributed by atoms with Gasteiger partial charge in [0.1, 0.15) is 11.6 Å². The van der Waals surface area contributed by atoms with E-state index in [9.17, 15) is 5.11 Å². The van der Waals surface area contributed by atoms with Crippen molar-refractivity contribution in [2.45, 2.75) is 6.23 Å². The zero-order chi connectivity index (χ0) is 21.4. The van der Waals surface area contributed by atoms with Crippen molar-refractivity contribution in [3.63, 3.8) is 0 Å². The number of fused-ring (bicyclic) bond motifs is 1. The second-order valence-corrected chi connectivity index (χ2v) is 8.00. The van der Waals surface area contributed by atoms with Crippen molar-refractivity contribution in [2.75, 3.05) is 12.4 Å². The van der Waals surface area contributed by atoms with Gasteiger partial charge < -0.3 is 15.2 Å². The van der Waals surface area contributed by atoms with Gasteiger partial charge in [-0.2, -0.15) is 0 Å². The maximum absolute atomic E-state index is 11.1. The molecule has 3 aromatic heterocycles. The van der Waals surface area contributed by atoms with E-state index < -0.39 is 6.23 Å². The molecule has 0 aliphatic heterocycles. The predicted octanol–water partition coefficient (Wildman–Crippen LogP) is 6.12. The zero-order valence-electron chi connectivity index (χ0n) is 15.4. The number of aromatic nitrogens is 3. The first-order valence-electron chi connectivity index (χ1n) is 8.64. The average molecular weight is 484 g/mol. The molecule has 0 saturated carbocycles. The molecular weight excluding hydrogens is 470 g/mol. The van der Waals surface area contributed by atoms with Crippen molar-refractivity contribution < 1.29 is 9.84 Å². The number of benzene rings is 1. The van der Waals surface area contributed by atoms with Crippen molar-refractivity contribution in [3.05, 3.63) is 74.6 Å². The molecule has 0 spiro atoms. The van der Waals surface area contributed by atoms with Crippen molar-refractivity contribution in [1.82, 2.24) is 14.4 Å². The van der Waals surface area contributed by atoms with Gasteiger partial charge in [-0.1, -0.05) is 58.5 Å². The Balaban J connectivity index is 1.89. The van der Waals surface area contributed by atoms with Crippen molar-refractivity contribution in [1.29, 1.82) is 0 Å². The lowest BCUT2D eigenvalue weighted by Gasteiger charge is -2.16. The molecule has 0 aliphatic rings. The number of hydrogen-bond acceptors (Lipinski definition) is 5. The minimum absolute atomic E-state index is 0.258. The van der Waals surface area contributed by atoms with Gasteiger partial charge in [0, 0.05) is 18.0 Å². The Kier molecular flexibility index (Phi) is 5.95. The van der Waals surface area contributed by atoms with Crippen LogP contribution in [0.3, 0.4) is 0 Å². The number of imidazole rings is 1. The summed E-state index contributed by atoms with van der Waals surface area (Å²) in [6.45, 7) is 0. The van der Waals surface area contributed by atoms with E-state index in [0.717, 1.165) is 5.56 Å². The van der Waals surface area contributed by atoms with Crippen LogP contribution in [-0.4, -0.2) is 26.6 Å². The number of nitrogens with one attached hydrogen (secondary N) is 1. The Morgan fingerprint density at radius 2 is 1.83 bits per heavy atom. The second kappa shape index (κ2) is 8.49. The summed E-state index contributed by atoms with van der Waals surface area (Å²) < 4.78 is 6.94. The lowest BCUT2D eigenvalue weighted by molar-refractivity contribution is 0.202. The van der Waals surface area contributed by atoms with Crippen LogP contribution in [0.4, 0.5) is 5.82 Å². The van der Waals surface area contributed by atoms with E-state index in [0.29, 0.717) is 37.9 Å². The van der Waals surface area contributed by atoms with E-state index in [1.807, 2.05) is 18.2 Å². The highest BCUT2D eigenvalue weighted by molar-refractivity contribution is 6.36. The van der Waals surface area contributed by atoms with Crippen LogP contribution in [-0.2, 0) is 0 Å². The number of methoxy groups -OCH3 is 1. The molecule has 0 aliphatic carbocycles. The van der Waals surface area contributed by atoms with Gasteiger partial charge in [0.2, 0.25) is 0 Å². The summed E-state index contributed by atoms with van der Waals surface area (Å²) in [6.07, 6.45) is 1.80. The van der Waals surface area contributed by atoms with Crippen LogP contribution < -0.4 is 10.1 Å². The Morgan fingerprint density at radius 3 is 2.57 bits per heavy atom. The Bertz CT molecular complexity index is 1250. The second-order valence-electron chi connectivity index (χ2n) is 6.31. The van der Waals surface area contributed by atoms with E-state index in [4.69, 9.17) is 51.1 Å². The highest BCUT2D eigenvalue weighted by Gasteiger charge is 2.24. The fourth-order valence-electron chi connectivity index (χ4n) is 3.05. The summed E-state index contributed by atoms with van der Waals surface area (Å²) in [5.41, 5.74) is 2.04. The van der Waals surface area contributed by atoms with Crippen LogP contribution in [0.15, 0.2) is 48.8 Å². The van der Waals surface area contributed by atoms with Gasteiger partial charge in [-0.05, 0) is 24.3 Å². The fourth-order valence-corrected chi connectivity index (χ4v) is 4.00. The number of halogens is 4. The van der Waals surface area contributed by atoms with Gasteiger partial charge in [0.15, 0.2) is 11.9 Å². The molecule has 0 saturated heterocycles. The van der Waals surface area contributed by atoms with Crippen LogP contribution in [0, 0.1) is 0 Å². The summed E-state index contributed by atoms with van der Waals surface area (Å²) >= 11 is 24.7. The summed E-state index contributed by atoms with van der Waals surface area (Å²) in [5, 5.41) is 15.3. The van der Waals surface area contributed by atoms with E-state index in [2.05, 4.69) is 15.3 Å². The normalized spacial score (nSPS) is 12.2. The van der Waals surface area contributed by atoms with Crippen LogP contribution in [0.1, 0.15) is 11.9 Å². The van der Waals surface area contributed by atoms with Gasteiger partial charge in [0.05, 0.1) is 38.6 Å². The first-order valence-corrected chi connectivity index (χ1v) is 10.2. The molecule has 10 heteroatoms. The highest BCUT2D eigenvalue weighted by atomic mass is 35.5. The van der Waals surface area contributed by atoms with Gasteiger partial charge in [-0.3, -0.25) is 4.40 Å². The third-order valence-corrected chi connectivity index (χ3v) is 5.34. The number of pyridine rings is 2. The summed E-state index contributed by atoms with van der Waals surface area (Å²) in [6, 6.07) is 10.4. The molecule has 1 atom stereocenters. The Hall–Kier alpha value is -2.22. The highest BCUT2D eigenvalue weighted by Crippen LogP contribution is 2.35. The lowest BCUT2D eigenvalue weighted by Crippen LogP contribution is -2.14. The summed E-state index contributed by atoms with van der Waals surface area (Å²) in [4.78, 5) is 8.78.